The van der Waals surface area contributed by atoms with E-state index in [1.54, 1.807) is 0 Å². The molecule has 0 amide bonds. The third-order valence-electron chi connectivity index (χ3n) is 1.87. The van der Waals surface area contributed by atoms with Gasteiger partial charge in [0.2, 0.25) is 0 Å². The fourth-order valence-electron chi connectivity index (χ4n) is 1.10. The summed E-state index contributed by atoms with van der Waals surface area (Å²) in [5, 5.41) is 8.86. The van der Waals surface area contributed by atoms with Crippen LogP contribution in [-0.2, 0) is 11.2 Å². The molecule has 1 aromatic carbocycles. The maximum Gasteiger partial charge on any atom is 0.118 e. The number of aliphatic hydroxyl groups is 1. The van der Waals surface area contributed by atoms with Gasteiger partial charge in [-0.3, -0.25) is 0 Å². The first kappa shape index (κ1) is 11.1. The molecule has 0 spiro atoms. The van der Waals surface area contributed by atoms with Crippen molar-refractivity contribution in [3.05, 3.63) is 35.9 Å². The maximum atomic E-state index is 11.8. The van der Waals surface area contributed by atoms with Crippen LogP contribution in [0.2, 0.25) is 0 Å². The molecule has 0 radical (unpaired) electrons. The van der Waals surface area contributed by atoms with Crippen molar-refractivity contribution in [1.29, 1.82) is 0 Å². The van der Waals surface area contributed by atoms with Gasteiger partial charge in [0.1, 0.15) is 12.8 Å². The molecular formula is C11H15FO2. The summed E-state index contributed by atoms with van der Waals surface area (Å²) in [5.41, 5.74) is 1.18. The number of benzene rings is 1. The molecule has 78 valence electrons. The Morgan fingerprint density at radius 3 is 2.64 bits per heavy atom. The largest absolute Gasteiger partial charge is 0.388 e. The lowest BCUT2D eigenvalue weighted by atomic mass is 10.2. The van der Waals surface area contributed by atoms with Crippen LogP contribution >= 0.6 is 0 Å². The van der Waals surface area contributed by atoms with Crippen LogP contribution in [-0.4, -0.2) is 31.1 Å². The van der Waals surface area contributed by atoms with Crippen molar-refractivity contribution in [2.45, 2.75) is 12.5 Å². The van der Waals surface area contributed by atoms with E-state index in [4.69, 9.17) is 9.84 Å². The summed E-state index contributed by atoms with van der Waals surface area (Å²) in [7, 11) is 0. The molecule has 0 fully saturated rings. The molecule has 0 bridgehead atoms. The van der Waals surface area contributed by atoms with Crippen LogP contribution in [0.1, 0.15) is 5.56 Å². The van der Waals surface area contributed by atoms with Crippen LogP contribution in [0.3, 0.4) is 0 Å². The van der Waals surface area contributed by atoms with Crippen molar-refractivity contribution in [3.8, 4) is 0 Å². The number of hydrogen-bond donors (Lipinski definition) is 1. The number of alkyl halides is 1. The molecule has 0 saturated heterocycles. The molecule has 0 heterocycles. The fraction of sp³-hybridized carbons (Fsp3) is 0.455. The fourth-order valence-corrected chi connectivity index (χ4v) is 1.10. The Morgan fingerprint density at radius 2 is 2.00 bits per heavy atom. The Morgan fingerprint density at radius 1 is 1.29 bits per heavy atom. The van der Waals surface area contributed by atoms with E-state index in [9.17, 15) is 4.39 Å². The highest BCUT2D eigenvalue weighted by atomic mass is 19.1. The van der Waals surface area contributed by atoms with Crippen LogP contribution in [0.4, 0.5) is 4.39 Å². The van der Waals surface area contributed by atoms with Gasteiger partial charge in [-0.05, 0) is 12.0 Å². The summed E-state index contributed by atoms with van der Waals surface area (Å²) in [4.78, 5) is 0. The number of aliphatic hydroxyl groups excluding tert-OH is 1. The van der Waals surface area contributed by atoms with E-state index in [2.05, 4.69) is 0 Å². The lowest BCUT2D eigenvalue weighted by molar-refractivity contribution is 0.0253. The van der Waals surface area contributed by atoms with Gasteiger partial charge in [-0.25, -0.2) is 4.39 Å². The van der Waals surface area contributed by atoms with Crippen LogP contribution in [0, 0.1) is 0 Å². The number of ether oxygens (including phenoxy) is 1. The third kappa shape index (κ3) is 4.35. The zero-order valence-electron chi connectivity index (χ0n) is 8.03. The summed E-state index contributed by atoms with van der Waals surface area (Å²) >= 11 is 0. The van der Waals surface area contributed by atoms with Crippen molar-refractivity contribution in [2.24, 2.45) is 0 Å². The average Bonchev–Trinajstić information content (AvgIpc) is 2.25. The molecule has 1 atom stereocenters. The van der Waals surface area contributed by atoms with Crippen LogP contribution in [0.5, 0.6) is 0 Å². The summed E-state index contributed by atoms with van der Waals surface area (Å²) < 4.78 is 16.9. The standard InChI is InChI=1S/C11H15FO2/c12-8-11(13)9-14-7-6-10-4-2-1-3-5-10/h1-5,11,13H,6-9H2/t11-/m0/s1. The summed E-state index contributed by atoms with van der Waals surface area (Å²) in [6.07, 6.45) is -0.189. The van der Waals surface area contributed by atoms with Gasteiger partial charge in [-0.2, -0.15) is 0 Å². The van der Waals surface area contributed by atoms with Crippen molar-refractivity contribution >= 4 is 0 Å². The Labute approximate surface area is 83.3 Å². The number of hydrogen-bond acceptors (Lipinski definition) is 2. The molecule has 0 aromatic heterocycles. The SMILES string of the molecule is O[C@@H](CF)COCCc1ccccc1. The second-order valence-corrected chi connectivity index (χ2v) is 3.12. The van der Waals surface area contributed by atoms with Gasteiger partial charge < -0.3 is 9.84 Å². The minimum Gasteiger partial charge on any atom is -0.388 e. The molecule has 14 heavy (non-hydrogen) atoms. The van der Waals surface area contributed by atoms with Crippen molar-refractivity contribution in [1.82, 2.24) is 0 Å². The Bertz CT molecular complexity index is 238. The van der Waals surface area contributed by atoms with Gasteiger partial charge in [0.25, 0.3) is 0 Å². The summed E-state index contributed by atoms with van der Waals surface area (Å²) in [5.74, 6) is 0. The van der Waals surface area contributed by atoms with Crippen molar-refractivity contribution < 1.29 is 14.2 Å². The average molecular weight is 198 g/mol. The van der Waals surface area contributed by atoms with E-state index in [0.29, 0.717) is 6.61 Å². The molecule has 0 aliphatic rings. The van der Waals surface area contributed by atoms with E-state index in [0.717, 1.165) is 6.42 Å². The van der Waals surface area contributed by atoms with Gasteiger partial charge >= 0.3 is 0 Å². The molecule has 0 unspecified atom stereocenters. The van der Waals surface area contributed by atoms with E-state index in [1.165, 1.54) is 5.56 Å². The molecule has 0 aliphatic carbocycles. The first-order valence-electron chi connectivity index (χ1n) is 4.68. The third-order valence-corrected chi connectivity index (χ3v) is 1.87. The van der Waals surface area contributed by atoms with E-state index in [-0.39, 0.29) is 6.61 Å². The Hall–Kier alpha value is -0.930. The van der Waals surface area contributed by atoms with Crippen LogP contribution in [0.25, 0.3) is 0 Å². The van der Waals surface area contributed by atoms with E-state index in [1.807, 2.05) is 30.3 Å². The Kier molecular flexibility index (Phi) is 5.19. The monoisotopic (exact) mass is 198 g/mol. The molecule has 1 rings (SSSR count). The van der Waals surface area contributed by atoms with Gasteiger partial charge in [-0.1, -0.05) is 30.3 Å². The van der Waals surface area contributed by atoms with Crippen LogP contribution in [0.15, 0.2) is 30.3 Å². The topological polar surface area (TPSA) is 29.5 Å². The first-order chi connectivity index (χ1) is 6.83. The first-order valence-corrected chi connectivity index (χ1v) is 4.68. The minimum absolute atomic E-state index is 0.0728. The molecule has 2 nitrogen and oxygen atoms in total. The molecule has 1 N–H and O–H groups in total. The second kappa shape index (κ2) is 6.51. The predicted octanol–water partition coefficient (Wildman–Crippen LogP) is 1.58. The highest BCUT2D eigenvalue weighted by Crippen LogP contribution is 1.99. The van der Waals surface area contributed by atoms with Gasteiger partial charge in [0.05, 0.1) is 13.2 Å². The van der Waals surface area contributed by atoms with E-state index < -0.39 is 12.8 Å². The molecule has 1 aromatic rings. The number of rotatable bonds is 6. The van der Waals surface area contributed by atoms with Crippen molar-refractivity contribution in [3.63, 3.8) is 0 Å². The lowest BCUT2D eigenvalue weighted by Gasteiger charge is -2.07. The highest BCUT2D eigenvalue weighted by Gasteiger charge is 2.01. The highest BCUT2D eigenvalue weighted by molar-refractivity contribution is 5.14. The van der Waals surface area contributed by atoms with Gasteiger partial charge in [0, 0.05) is 0 Å². The second-order valence-electron chi connectivity index (χ2n) is 3.12. The predicted molar refractivity (Wildman–Crippen MR) is 52.9 cm³/mol. The lowest BCUT2D eigenvalue weighted by Crippen LogP contribution is -2.18. The molecule has 3 heteroatoms. The zero-order chi connectivity index (χ0) is 10.2. The van der Waals surface area contributed by atoms with Gasteiger partial charge in [-0.15, -0.1) is 0 Å². The molecule has 0 aliphatic heterocycles. The van der Waals surface area contributed by atoms with E-state index >= 15 is 0 Å². The van der Waals surface area contributed by atoms with Crippen molar-refractivity contribution in [2.75, 3.05) is 19.9 Å². The molecular weight excluding hydrogens is 183 g/mol. The summed E-state index contributed by atoms with van der Waals surface area (Å²) in [6.45, 7) is -0.157. The van der Waals surface area contributed by atoms with Gasteiger partial charge in [0.15, 0.2) is 0 Å². The quantitative estimate of drug-likeness (QED) is 0.703. The minimum atomic E-state index is -0.981. The maximum absolute atomic E-state index is 11.8. The van der Waals surface area contributed by atoms with Crippen LogP contribution < -0.4 is 0 Å². The zero-order valence-corrected chi connectivity index (χ0v) is 8.03. The summed E-state index contributed by atoms with van der Waals surface area (Å²) in [6, 6.07) is 9.90. The normalized spacial score (nSPS) is 12.7. The number of halogens is 1. The Balaban J connectivity index is 2.10. The molecule has 0 saturated carbocycles. The smallest absolute Gasteiger partial charge is 0.118 e.